The van der Waals surface area contributed by atoms with Crippen molar-refractivity contribution in [2.45, 2.75) is 271 Å². The van der Waals surface area contributed by atoms with Gasteiger partial charge in [-0.2, -0.15) is 0 Å². The number of esters is 3. The summed E-state index contributed by atoms with van der Waals surface area (Å²) in [5, 5.41) is 0. The highest BCUT2D eigenvalue weighted by atomic mass is 16.6. The summed E-state index contributed by atoms with van der Waals surface area (Å²) in [6.07, 6.45) is 83.4. The largest absolute Gasteiger partial charge is 0.462 e. The molecule has 414 valence electrons. The predicted octanol–water partition coefficient (Wildman–Crippen LogP) is 20.4. The maximum atomic E-state index is 12.9. The molecule has 0 saturated heterocycles. The molecule has 0 aromatic carbocycles. The van der Waals surface area contributed by atoms with Gasteiger partial charge in [0.1, 0.15) is 13.2 Å². The van der Waals surface area contributed by atoms with E-state index in [-0.39, 0.29) is 37.5 Å². The van der Waals surface area contributed by atoms with E-state index in [0.717, 1.165) is 122 Å². The van der Waals surface area contributed by atoms with E-state index in [1.807, 2.05) is 0 Å². The summed E-state index contributed by atoms with van der Waals surface area (Å²) in [4.78, 5) is 38.2. The van der Waals surface area contributed by atoms with Gasteiger partial charge < -0.3 is 14.2 Å². The molecule has 0 N–H and O–H groups in total. The van der Waals surface area contributed by atoms with E-state index in [1.165, 1.54) is 96.3 Å². The van der Waals surface area contributed by atoms with Gasteiger partial charge in [-0.3, -0.25) is 14.4 Å². The molecule has 0 spiro atoms. The van der Waals surface area contributed by atoms with Crippen molar-refractivity contribution in [3.63, 3.8) is 0 Å². The smallest absolute Gasteiger partial charge is 0.306 e. The first-order valence-corrected chi connectivity index (χ1v) is 30.0. The Morgan fingerprint density at radius 2 is 0.534 bits per heavy atom. The molecule has 0 aromatic heterocycles. The Labute approximate surface area is 450 Å². The zero-order valence-corrected chi connectivity index (χ0v) is 47.4. The van der Waals surface area contributed by atoms with Crippen LogP contribution < -0.4 is 0 Å². The monoisotopic (exact) mass is 1010 g/mol. The number of carbonyl (C=O) groups excluding carboxylic acids is 3. The Bertz CT molecular complexity index is 1540. The van der Waals surface area contributed by atoms with E-state index in [2.05, 4.69) is 142 Å². The van der Waals surface area contributed by atoms with Crippen LogP contribution in [-0.4, -0.2) is 37.2 Å². The van der Waals surface area contributed by atoms with Gasteiger partial charge in [-0.15, -0.1) is 0 Å². The number of carbonyl (C=O) groups is 3. The number of rotatable bonds is 53. The minimum atomic E-state index is -0.813. The first-order chi connectivity index (χ1) is 36.0. The van der Waals surface area contributed by atoms with Crippen LogP contribution in [0, 0.1) is 0 Å². The summed E-state index contributed by atoms with van der Waals surface area (Å²) in [7, 11) is 0. The summed E-state index contributed by atoms with van der Waals surface area (Å²) in [6.45, 7) is 6.35. The third kappa shape index (κ3) is 58.6. The number of ether oxygens (including phenoxy) is 3. The van der Waals surface area contributed by atoms with Crippen molar-refractivity contribution >= 4 is 17.9 Å². The molecule has 0 aliphatic rings. The van der Waals surface area contributed by atoms with Crippen LogP contribution in [0.4, 0.5) is 0 Å². The molecule has 0 amide bonds. The van der Waals surface area contributed by atoms with Crippen molar-refractivity contribution in [3.05, 3.63) is 122 Å². The van der Waals surface area contributed by atoms with E-state index in [1.54, 1.807) is 0 Å². The first kappa shape index (κ1) is 68.8. The zero-order valence-electron chi connectivity index (χ0n) is 47.4. The average Bonchev–Trinajstić information content (AvgIpc) is 3.39. The fourth-order valence-electron chi connectivity index (χ4n) is 7.98. The predicted molar refractivity (Wildman–Crippen MR) is 316 cm³/mol. The molecular formula is C67H110O6. The molecule has 1 atom stereocenters. The SMILES string of the molecule is CC/C=C\C/C=C\C/C=C\C/C=C\C/C=C\CCCCCC(=O)OC(COC(=O)CCCCC/C=C\C/C=C\C/C=C\CC)COC(=O)CCCCCCCCCCCCC/C=C\C/C=C\CCCCCCC. The molecule has 0 bridgehead atoms. The third-order valence-electron chi connectivity index (χ3n) is 12.4. The zero-order chi connectivity index (χ0) is 52.9. The highest BCUT2D eigenvalue weighted by molar-refractivity contribution is 5.71. The number of unbranched alkanes of at least 4 members (excludes halogenated alkanes) is 22. The minimum Gasteiger partial charge on any atom is -0.462 e. The topological polar surface area (TPSA) is 78.9 Å². The Balaban J connectivity index is 4.43. The van der Waals surface area contributed by atoms with Crippen LogP contribution in [-0.2, 0) is 28.6 Å². The van der Waals surface area contributed by atoms with Gasteiger partial charge in [0, 0.05) is 19.3 Å². The maximum Gasteiger partial charge on any atom is 0.306 e. The lowest BCUT2D eigenvalue weighted by atomic mass is 10.0. The molecular weight excluding hydrogens is 901 g/mol. The van der Waals surface area contributed by atoms with Crippen LogP contribution in [0.3, 0.4) is 0 Å². The molecule has 0 aromatic rings. The van der Waals surface area contributed by atoms with Crippen molar-refractivity contribution in [2.75, 3.05) is 13.2 Å². The van der Waals surface area contributed by atoms with Gasteiger partial charge in [0.05, 0.1) is 0 Å². The van der Waals surface area contributed by atoms with Gasteiger partial charge in [-0.05, 0) is 128 Å². The normalized spacial score (nSPS) is 13.0. The summed E-state index contributed by atoms with van der Waals surface area (Å²) in [5.41, 5.74) is 0. The van der Waals surface area contributed by atoms with E-state index in [9.17, 15) is 14.4 Å². The van der Waals surface area contributed by atoms with E-state index in [0.29, 0.717) is 19.3 Å². The molecule has 0 rings (SSSR count). The van der Waals surface area contributed by atoms with Crippen molar-refractivity contribution in [1.82, 2.24) is 0 Å². The van der Waals surface area contributed by atoms with E-state index >= 15 is 0 Å². The van der Waals surface area contributed by atoms with Crippen molar-refractivity contribution in [2.24, 2.45) is 0 Å². The average molecular weight is 1010 g/mol. The van der Waals surface area contributed by atoms with Gasteiger partial charge in [0.15, 0.2) is 6.10 Å². The second-order valence-corrected chi connectivity index (χ2v) is 19.5. The van der Waals surface area contributed by atoms with Gasteiger partial charge in [0.25, 0.3) is 0 Å². The minimum absolute atomic E-state index is 0.105. The molecule has 0 aliphatic heterocycles. The molecule has 0 aliphatic carbocycles. The molecule has 0 heterocycles. The number of allylic oxidation sites excluding steroid dienone is 20. The third-order valence-corrected chi connectivity index (χ3v) is 12.4. The summed E-state index contributed by atoms with van der Waals surface area (Å²) < 4.78 is 16.8. The quantitative estimate of drug-likeness (QED) is 0.0261. The Kier molecular flexibility index (Phi) is 56.9. The standard InChI is InChI=1S/C67H110O6/c1-4-7-10-13-16-19-22-25-27-29-31-32-33-34-36-37-39-42-45-48-51-54-57-60-66(69)72-63-64(62-71-65(68)59-56-53-50-47-44-41-24-21-18-15-12-9-6-3)73-67(70)61-58-55-52-49-46-43-40-38-35-30-28-26-23-20-17-14-11-8-5-2/h8-9,11-12,17-18,20-22,25-26,28-29,31,35,38,41,43-44,46,64H,4-7,10,13-16,19,23-24,27,30,32-34,36-37,39-40,42,45,47-63H2,1-3H3/b11-8-,12-9-,20-17-,21-18-,25-22-,28-26-,31-29-,38-35-,44-41-,46-43-. The van der Waals surface area contributed by atoms with Gasteiger partial charge >= 0.3 is 17.9 Å². The van der Waals surface area contributed by atoms with Crippen LogP contribution in [0.25, 0.3) is 0 Å². The van der Waals surface area contributed by atoms with Crippen molar-refractivity contribution in [3.8, 4) is 0 Å². The lowest BCUT2D eigenvalue weighted by Gasteiger charge is -2.18. The van der Waals surface area contributed by atoms with E-state index < -0.39 is 6.10 Å². The highest BCUT2D eigenvalue weighted by Crippen LogP contribution is 2.15. The Morgan fingerprint density at radius 1 is 0.288 bits per heavy atom. The molecule has 0 radical (unpaired) electrons. The molecule has 1 unspecified atom stereocenters. The summed E-state index contributed by atoms with van der Waals surface area (Å²) in [5.74, 6) is -0.970. The first-order valence-electron chi connectivity index (χ1n) is 30.0. The summed E-state index contributed by atoms with van der Waals surface area (Å²) in [6, 6.07) is 0. The fraction of sp³-hybridized carbons (Fsp3) is 0.657. The molecule has 73 heavy (non-hydrogen) atoms. The number of hydrogen-bond acceptors (Lipinski definition) is 6. The van der Waals surface area contributed by atoms with Crippen molar-refractivity contribution < 1.29 is 28.6 Å². The second kappa shape index (κ2) is 60.4. The summed E-state index contributed by atoms with van der Waals surface area (Å²) >= 11 is 0. The number of hydrogen-bond donors (Lipinski definition) is 0. The molecule has 0 fully saturated rings. The molecule has 6 nitrogen and oxygen atoms in total. The Hall–Kier alpha value is -4.19. The highest BCUT2D eigenvalue weighted by Gasteiger charge is 2.19. The van der Waals surface area contributed by atoms with Crippen LogP contribution in [0.1, 0.15) is 265 Å². The van der Waals surface area contributed by atoms with Crippen LogP contribution in [0.5, 0.6) is 0 Å². The second-order valence-electron chi connectivity index (χ2n) is 19.5. The molecule has 0 saturated carbocycles. The Morgan fingerprint density at radius 3 is 0.849 bits per heavy atom. The van der Waals surface area contributed by atoms with Crippen LogP contribution in [0.15, 0.2) is 122 Å². The lowest BCUT2D eigenvalue weighted by molar-refractivity contribution is -0.167. The van der Waals surface area contributed by atoms with Crippen molar-refractivity contribution in [1.29, 1.82) is 0 Å². The van der Waals surface area contributed by atoms with E-state index in [4.69, 9.17) is 14.2 Å². The fourth-order valence-corrected chi connectivity index (χ4v) is 7.98. The maximum absolute atomic E-state index is 12.9. The lowest BCUT2D eigenvalue weighted by Crippen LogP contribution is -2.30. The van der Waals surface area contributed by atoms with Gasteiger partial charge in [-0.25, -0.2) is 0 Å². The molecule has 6 heteroatoms. The van der Waals surface area contributed by atoms with Gasteiger partial charge in [-0.1, -0.05) is 239 Å². The van der Waals surface area contributed by atoms with Gasteiger partial charge in [0.2, 0.25) is 0 Å². The van der Waals surface area contributed by atoms with Crippen LogP contribution in [0.2, 0.25) is 0 Å². The van der Waals surface area contributed by atoms with Crippen LogP contribution >= 0.6 is 0 Å².